The Balaban J connectivity index is 2.01. The molecule has 1 saturated heterocycles. The number of likely N-dealkylation sites (tertiary alicyclic amines) is 1. The third-order valence-corrected chi connectivity index (χ3v) is 4.14. The Morgan fingerprint density at radius 3 is 2.72 bits per heavy atom. The van der Waals surface area contributed by atoms with Gasteiger partial charge in [0.25, 0.3) is 11.6 Å². The number of hydrogen-bond donors (Lipinski definition) is 1. The highest BCUT2D eigenvalue weighted by Gasteiger charge is 2.24. The topological polar surface area (TPSA) is 79.2 Å². The minimum absolute atomic E-state index is 0.0753. The lowest BCUT2D eigenvalue weighted by Crippen LogP contribution is -2.38. The number of carbonyl (C=O) groups excluding carboxylic acids is 1. The fourth-order valence-electron chi connectivity index (χ4n) is 2.07. The van der Waals surface area contributed by atoms with E-state index in [1.807, 2.05) is 0 Å². The lowest BCUT2D eigenvalue weighted by atomic mass is 9.99. The summed E-state index contributed by atoms with van der Waals surface area (Å²) in [7, 11) is 0. The minimum atomic E-state index is -0.510. The highest BCUT2D eigenvalue weighted by Crippen LogP contribution is 2.21. The van der Waals surface area contributed by atoms with Crippen molar-refractivity contribution in [3.8, 4) is 0 Å². The van der Waals surface area contributed by atoms with E-state index in [2.05, 4.69) is 20.9 Å². The molecule has 1 fully saturated rings. The summed E-state index contributed by atoms with van der Waals surface area (Å²) in [5.41, 5.74) is 0.215. The van der Waals surface area contributed by atoms with Crippen LogP contribution >= 0.6 is 15.9 Å². The van der Waals surface area contributed by atoms with Gasteiger partial charge in [-0.25, -0.2) is 0 Å². The van der Waals surface area contributed by atoms with Crippen LogP contribution in [-0.2, 0) is 0 Å². The number of aromatic amines is 1. The molecule has 1 aliphatic rings. The van der Waals surface area contributed by atoms with Gasteiger partial charge >= 0.3 is 0 Å². The second-order valence-electron chi connectivity index (χ2n) is 4.42. The number of nitro groups is 1. The number of hydrogen-bond acceptors (Lipinski definition) is 3. The van der Waals surface area contributed by atoms with Crippen molar-refractivity contribution < 1.29 is 9.72 Å². The van der Waals surface area contributed by atoms with Gasteiger partial charge in [0.2, 0.25) is 0 Å². The van der Waals surface area contributed by atoms with Crippen LogP contribution in [0.1, 0.15) is 23.3 Å². The largest absolute Gasteiger partial charge is 0.351 e. The molecule has 0 aliphatic carbocycles. The quantitative estimate of drug-likeness (QED) is 0.527. The number of nitrogens with one attached hydrogen (secondary N) is 1. The smallest absolute Gasteiger partial charge is 0.287 e. The summed E-state index contributed by atoms with van der Waals surface area (Å²) in [5, 5.41) is 11.5. The summed E-state index contributed by atoms with van der Waals surface area (Å²) in [6.45, 7) is 1.42. The maximum Gasteiger partial charge on any atom is 0.287 e. The maximum atomic E-state index is 12.1. The molecule has 0 unspecified atom stereocenters. The van der Waals surface area contributed by atoms with Crippen molar-refractivity contribution in [1.82, 2.24) is 9.88 Å². The van der Waals surface area contributed by atoms with E-state index in [1.165, 1.54) is 12.3 Å². The summed E-state index contributed by atoms with van der Waals surface area (Å²) < 4.78 is 0. The number of alkyl halides is 1. The molecular formula is C11H14BrN3O3. The molecule has 6 nitrogen and oxygen atoms in total. The number of nitrogens with zero attached hydrogens (tertiary/aromatic N) is 2. The summed E-state index contributed by atoms with van der Waals surface area (Å²) in [6, 6.07) is 1.29. The molecule has 0 bridgehead atoms. The van der Waals surface area contributed by atoms with Crippen molar-refractivity contribution in [3.05, 3.63) is 28.1 Å². The molecule has 2 heterocycles. The molecule has 18 heavy (non-hydrogen) atoms. The first-order valence-corrected chi connectivity index (χ1v) is 6.92. The van der Waals surface area contributed by atoms with Gasteiger partial charge in [-0.1, -0.05) is 15.9 Å². The van der Waals surface area contributed by atoms with Gasteiger partial charge in [-0.15, -0.1) is 0 Å². The Labute approximate surface area is 113 Å². The lowest BCUT2D eigenvalue weighted by molar-refractivity contribution is -0.384. The molecule has 0 saturated carbocycles. The molecule has 2 rings (SSSR count). The van der Waals surface area contributed by atoms with E-state index in [0.717, 1.165) is 18.2 Å². The Morgan fingerprint density at radius 1 is 1.56 bits per heavy atom. The number of piperidine rings is 1. The van der Waals surface area contributed by atoms with Gasteiger partial charge in [0, 0.05) is 24.5 Å². The van der Waals surface area contributed by atoms with E-state index in [9.17, 15) is 14.9 Å². The van der Waals surface area contributed by atoms with Crippen molar-refractivity contribution in [2.45, 2.75) is 12.8 Å². The van der Waals surface area contributed by atoms with Crippen LogP contribution in [0.5, 0.6) is 0 Å². The van der Waals surface area contributed by atoms with Crippen LogP contribution in [0.15, 0.2) is 12.3 Å². The maximum absolute atomic E-state index is 12.1. The van der Waals surface area contributed by atoms with Gasteiger partial charge in [0.05, 0.1) is 11.1 Å². The minimum Gasteiger partial charge on any atom is -0.351 e. The van der Waals surface area contributed by atoms with Crippen LogP contribution in [-0.4, -0.2) is 39.1 Å². The number of amides is 1. The molecule has 7 heteroatoms. The first-order valence-electron chi connectivity index (χ1n) is 5.80. The summed E-state index contributed by atoms with van der Waals surface area (Å²) in [4.78, 5) is 26.5. The van der Waals surface area contributed by atoms with Gasteiger partial charge in [0.1, 0.15) is 5.69 Å². The highest BCUT2D eigenvalue weighted by molar-refractivity contribution is 9.09. The fraction of sp³-hybridized carbons (Fsp3) is 0.545. The van der Waals surface area contributed by atoms with Crippen molar-refractivity contribution in [2.75, 3.05) is 18.4 Å². The first kappa shape index (κ1) is 13.1. The van der Waals surface area contributed by atoms with Crippen LogP contribution in [0.2, 0.25) is 0 Å². The summed E-state index contributed by atoms with van der Waals surface area (Å²) >= 11 is 3.45. The Hall–Kier alpha value is -1.37. The number of halogens is 1. The Morgan fingerprint density at radius 2 is 2.22 bits per heavy atom. The molecule has 1 amide bonds. The summed E-state index contributed by atoms with van der Waals surface area (Å²) in [6.07, 6.45) is 3.19. The van der Waals surface area contributed by atoms with Gasteiger partial charge in [0.15, 0.2) is 0 Å². The van der Waals surface area contributed by atoms with Crippen LogP contribution < -0.4 is 0 Å². The molecule has 1 aromatic heterocycles. The predicted molar refractivity (Wildman–Crippen MR) is 69.9 cm³/mol. The molecule has 1 aromatic rings. The molecule has 98 valence electrons. The third-order valence-electron chi connectivity index (χ3n) is 3.23. The van der Waals surface area contributed by atoms with Gasteiger partial charge in [-0.2, -0.15) is 0 Å². The van der Waals surface area contributed by atoms with Crippen LogP contribution in [0, 0.1) is 16.0 Å². The normalized spacial score (nSPS) is 16.8. The average molecular weight is 316 g/mol. The van der Waals surface area contributed by atoms with Crippen molar-refractivity contribution in [2.24, 2.45) is 5.92 Å². The highest BCUT2D eigenvalue weighted by atomic mass is 79.9. The van der Waals surface area contributed by atoms with Crippen molar-refractivity contribution in [1.29, 1.82) is 0 Å². The van der Waals surface area contributed by atoms with E-state index in [4.69, 9.17) is 0 Å². The van der Waals surface area contributed by atoms with Gasteiger partial charge < -0.3 is 9.88 Å². The molecule has 0 radical (unpaired) electrons. The lowest BCUT2D eigenvalue weighted by Gasteiger charge is -2.30. The average Bonchev–Trinajstić information content (AvgIpc) is 2.88. The molecule has 1 N–H and O–H groups in total. The number of H-pyrrole nitrogens is 1. The van der Waals surface area contributed by atoms with E-state index >= 15 is 0 Å². The van der Waals surface area contributed by atoms with E-state index in [1.54, 1.807) is 4.90 Å². The molecule has 0 atom stereocenters. The fourth-order valence-corrected chi connectivity index (χ4v) is 2.72. The zero-order valence-electron chi connectivity index (χ0n) is 9.76. The molecular weight excluding hydrogens is 302 g/mol. The van der Waals surface area contributed by atoms with E-state index < -0.39 is 4.92 Å². The molecule has 0 spiro atoms. The SMILES string of the molecule is O=C(c1cc([N+](=O)[O-])c[nH]1)N1CCC(CBr)CC1. The third kappa shape index (κ3) is 2.72. The molecule has 0 aromatic carbocycles. The first-order chi connectivity index (χ1) is 8.61. The predicted octanol–water partition coefficient (Wildman–Crippen LogP) is 2.17. The van der Waals surface area contributed by atoms with Crippen LogP contribution in [0.3, 0.4) is 0 Å². The molecule has 1 aliphatic heterocycles. The van der Waals surface area contributed by atoms with Crippen molar-refractivity contribution in [3.63, 3.8) is 0 Å². The Kier molecular flexibility index (Phi) is 4.00. The standard InChI is InChI=1S/C11H14BrN3O3/c12-6-8-1-3-14(4-2-8)11(16)10-5-9(7-13-10)15(17)18/h5,7-8,13H,1-4,6H2. The second-order valence-corrected chi connectivity index (χ2v) is 5.07. The van der Waals surface area contributed by atoms with E-state index in [0.29, 0.717) is 24.7 Å². The van der Waals surface area contributed by atoms with Gasteiger partial charge in [-0.05, 0) is 18.8 Å². The monoisotopic (exact) mass is 315 g/mol. The zero-order valence-corrected chi connectivity index (χ0v) is 11.4. The van der Waals surface area contributed by atoms with E-state index in [-0.39, 0.29) is 11.6 Å². The van der Waals surface area contributed by atoms with Crippen molar-refractivity contribution >= 4 is 27.5 Å². The Bertz CT molecular complexity index is 452. The van der Waals surface area contributed by atoms with Gasteiger partial charge in [-0.3, -0.25) is 14.9 Å². The van der Waals surface area contributed by atoms with Crippen LogP contribution in [0.25, 0.3) is 0 Å². The summed E-state index contributed by atoms with van der Waals surface area (Å²) in [5.74, 6) is 0.461. The van der Waals surface area contributed by atoms with Crippen LogP contribution in [0.4, 0.5) is 5.69 Å². The number of aromatic nitrogens is 1. The number of rotatable bonds is 3. The second kappa shape index (κ2) is 5.51. The zero-order chi connectivity index (χ0) is 13.1. The number of carbonyl (C=O) groups is 1.